The summed E-state index contributed by atoms with van der Waals surface area (Å²) >= 11 is 1.18. The molecule has 0 aromatic carbocycles. The van der Waals surface area contributed by atoms with Crippen LogP contribution in [0.25, 0.3) is 5.57 Å². The van der Waals surface area contributed by atoms with Crippen LogP contribution in [0, 0.1) is 0 Å². The number of hydrogen-bond acceptors (Lipinski definition) is 7. The van der Waals surface area contributed by atoms with Gasteiger partial charge in [-0.05, 0) is 12.8 Å². The first-order valence-electron chi connectivity index (χ1n) is 11.3. The number of carbonyl (C=O) groups is 1. The van der Waals surface area contributed by atoms with E-state index in [1.54, 1.807) is 0 Å². The smallest absolute Gasteiger partial charge is 0.475 e. The van der Waals surface area contributed by atoms with Crippen molar-refractivity contribution >= 4 is 23.5 Å². The van der Waals surface area contributed by atoms with Gasteiger partial charge in [0.15, 0.2) is 0 Å². The molecule has 0 saturated heterocycles. The number of aromatic nitrogens is 2. The first kappa shape index (κ1) is 24.6. The molecule has 2 rings (SSSR count). The molecule has 7 nitrogen and oxygen atoms in total. The van der Waals surface area contributed by atoms with Gasteiger partial charge in [0.25, 0.3) is 5.88 Å². The maximum absolute atomic E-state index is 12.0. The molecule has 0 saturated carbocycles. The molecule has 1 aromatic heterocycles. The number of quaternary nitrogens is 1. The predicted molar refractivity (Wildman–Crippen MR) is 119 cm³/mol. The van der Waals surface area contributed by atoms with Crippen LogP contribution in [-0.4, -0.2) is 59.0 Å². The van der Waals surface area contributed by atoms with Crippen LogP contribution in [0.3, 0.4) is 0 Å². The molecule has 2 heterocycles. The van der Waals surface area contributed by atoms with Crippen molar-refractivity contribution < 1.29 is 23.5 Å². The van der Waals surface area contributed by atoms with Crippen molar-refractivity contribution in [1.82, 2.24) is 8.75 Å². The first-order valence-corrected chi connectivity index (χ1v) is 12.1. The number of unbranched alkanes of at least 4 members (excludes halogenated alkanes) is 5. The Morgan fingerprint density at radius 1 is 1.13 bits per heavy atom. The third kappa shape index (κ3) is 7.54. The number of carbonyl (C=O) groups excluding carboxylic acids is 1. The Balaban J connectivity index is 1.90. The van der Waals surface area contributed by atoms with Gasteiger partial charge >= 0.3 is 6.16 Å². The highest BCUT2D eigenvalue weighted by molar-refractivity contribution is 6.99. The maximum Gasteiger partial charge on any atom is 0.512 e. The molecule has 30 heavy (non-hydrogen) atoms. The molecule has 8 heteroatoms. The SMILES string of the molecule is CCCCCCOc1nsnc1C1=CCC[N+](C)([C@H](C)OC(=O)OCCCCC)C1. The Labute approximate surface area is 185 Å². The number of nitrogens with zero attached hydrogens (tertiary/aromatic N) is 3. The Morgan fingerprint density at radius 3 is 2.63 bits per heavy atom. The summed E-state index contributed by atoms with van der Waals surface area (Å²) in [4.78, 5) is 12.0. The zero-order valence-electron chi connectivity index (χ0n) is 19.0. The largest absolute Gasteiger partial charge is 0.512 e. The van der Waals surface area contributed by atoms with E-state index >= 15 is 0 Å². The van der Waals surface area contributed by atoms with E-state index in [1.807, 2.05) is 6.92 Å². The average molecular weight is 441 g/mol. The van der Waals surface area contributed by atoms with Gasteiger partial charge in [-0.1, -0.05) is 52.0 Å². The fourth-order valence-corrected chi connectivity index (χ4v) is 4.06. The van der Waals surface area contributed by atoms with Gasteiger partial charge in [0.2, 0.25) is 6.23 Å². The van der Waals surface area contributed by atoms with Crippen LogP contribution in [0.1, 0.15) is 77.8 Å². The quantitative estimate of drug-likeness (QED) is 0.232. The van der Waals surface area contributed by atoms with Gasteiger partial charge in [0, 0.05) is 18.9 Å². The minimum atomic E-state index is -0.583. The highest BCUT2D eigenvalue weighted by Gasteiger charge is 2.37. The van der Waals surface area contributed by atoms with Gasteiger partial charge in [-0.15, -0.1) is 4.37 Å². The van der Waals surface area contributed by atoms with Crippen molar-refractivity contribution in [2.75, 3.05) is 33.4 Å². The molecule has 0 N–H and O–H groups in total. The standard InChI is InChI=1S/C22H38N3O4S/c1-5-7-9-11-15-27-21-20(23-30-24-21)19-13-12-14-25(4,17-19)18(3)29-22(26)28-16-10-8-6-2/h13,18H,5-12,14-17H2,1-4H3/q+1/t18-,25?/m0/s1. The van der Waals surface area contributed by atoms with E-state index in [0.717, 1.165) is 49.9 Å². The van der Waals surface area contributed by atoms with E-state index in [2.05, 4.69) is 35.7 Å². The molecule has 0 radical (unpaired) electrons. The predicted octanol–water partition coefficient (Wildman–Crippen LogP) is 5.42. The van der Waals surface area contributed by atoms with Crippen LogP contribution in [0.4, 0.5) is 4.79 Å². The Bertz CT molecular complexity index is 679. The van der Waals surface area contributed by atoms with E-state index in [-0.39, 0.29) is 6.23 Å². The minimum absolute atomic E-state index is 0.308. The monoisotopic (exact) mass is 440 g/mol. The summed E-state index contributed by atoms with van der Waals surface area (Å²) in [6, 6.07) is 0. The van der Waals surface area contributed by atoms with Crippen molar-refractivity contribution in [3.05, 3.63) is 11.8 Å². The zero-order chi connectivity index (χ0) is 21.8. The van der Waals surface area contributed by atoms with Gasteiger partial charge in [-0.25, -0.2) is 4.79 Å². The Morgan fingerprint density at radius 2 is 1.87 bits per heavy atom. The summed E-state index contributed by atoms with van der Waals surface area (Å²) in [6.45, 7) is 8.93. The fraction of sp³-hybridized carbons (Fsp3) is 0.773. The topological polar surface area (TPSA) is 70.5 Å². The summed E-state index contributed by atoms with van der Waals surface area (Å²) < 4.78 is 26.2. The molecule has 2 atom stereocenters. The molecule has 0 spiro atoms. The second-order valence-electron chi connectivity index (χ2n) is 8.23. The summed E-state index contributed by atoms with van der Waals surface area (Å²) in [5, 5.41) is 0. The van der Waals surface area contributed by atoms with Crippen molar-refractivity contribution in [1.29, 1.82) is 0 Å². The molecule has 1 unspecified atom stereocenters. The number of likely N-dealkylation sites (N-methyl/N-ethyl adjacent to an activating group) is 1. The Hall–Kier alpha value is -1.67. The van der Waals surface area contributed by atoms with Crippen LogP contribution < -0.4 is 4.74 Å². The van der Waals surface area contributed by atoms with E-state index in [1.165, 1.54) is 31.0 Å². The van der Waals surface area contributed by atoms with E-state index in [4.69, 9.17) is 14.2 Å². The summed E-state index contributed by atoms with van der Waals surface area (Å²) in [5.74, 6) is 0.625. The van der Waals surface area contributed by atoms with Gasteiger partial charge in [-0.2, -0.15) is 4.37 Å². The van der Waals surface area contributed by atoms with Gasteiger partial charge in [0.1, 0.15) is 12.2 Å². The maximum atomic E-state index is 12.0. The lowest BCUT2D eigenvalue weighted by Gasteiger charge is -2.41. The van der Waals surface area contributed by atoms with E-state index in [0.29, 0.717) is 30.1 Å². The van der Waals surface area contributed by atoms with Crippen molar-refractivity contribution in [3.8, 4) is 5.88 Å². The highest BCUT2D eigenvalue weighted by atomic mass is 32.1. The third-order valence-electron chi connectivity index (χ3n) is 5.67. The molecular formula is C22H38N3O4S+. The molecule has 1 aromatic rings. The van der Waals surface area contributed by atoms with Crippen molar-refractivity contribution in [3.63, 3.8) is 0 Å². The lowest BCUT2D eigenvalue weighted by molar-refractivity contribution is -0.944. The molecule has 1 aliphatic rings. The number of ether oxygens (including phenoxy) is 3. The normalized spacial score (nSPS) is 19.8. The second-order valence-corrected chi connectivity index (χ2v) is 8.76. The van der Waals surface area contributed by atoms with E-state index in [9.17, 15) is 4.79 Å². The lowest BCUT2D eigenvalue weighted by Crippen LogP contribution is -2.55. The molecule has 0 aliphatic carbocycles. The molecular weight excluding hydrogens is 402 g/mol. The van der Waals surface area contributed by atoms with Gasteiger partial charge in [-0.3, -0.25) is 4.48 Å². The fourth-order valence-electron chi connectivity index (χ4n) is 3.53. The Kier molecular flexibility index (Phi) is 10.6. The van der Waals surface area contributed by atoms with Crippen LogP contribution >= 0.6 is 11.7 Å². The lowest BCUT2D eigenvalue weighted by atomic mass is 10.0. The highest BCUT2D eigenvalue weighted by Crippen LogP contribution is 2.31. The van der Waals surface area contributed by atoms with Crippen molar-refractivity contribution in [2.45, 2.75) is 78.4 Å². The van der Waals surface area contributed by atoms with Crippen LogP contribution in [-0.2, 0) is 9.47 Å². The summed E-state index contributed by atoms with van der Waals surface area (Å²) in [5.41, 5.74) is 1.93. The minimum Gasteiger partial charge on any atom is -0.475 e. The first-order chi connectivity index (χ1) is 14.5. The molecule has 0 bridgehead atoms. The summed E-state index contributed by atoms with van der Waals surface area (Å²) in [7, 11) is 2.10. The van der Waals surface area contributed by atoms with E-state index < -0.39 is 6.16 Å². The van der Waals surface area contributed by atoms with Gasteiger partial charge in [0.05, 0.1) is 38.5 Å². The second kappa shape index (κ2) is 12.9. The van der Waals surface area contributed by atoms with Crippen LogP contribution in [0.2, 0.25) is 0 Å². The number of hydrogen-bond donors (Lipinski definition) is 0. The zero-order valence-corrected chi connectivity index (χ0v) is 19.8. The van der Waals surface area contributed by atoms with Gasteiger partial charge < -0.3 is 14.2 Å². The molecule has 0 amide bonds. The summed E-state index contributed by atoms with van der Waals surface area (Å²) in [6.07, 6.45) is 9.85. The van der Waals surface area contributed by atoms with Crippen LogP contribution in [0.15, 0.2) is 6.08 Å². The molecule has 170 valence electrons. The average Bonchev–Trinajstić information content (AvgIpc) is 3.20. The third-order valence-corrected chi connectivity index (χ3v) is 6.19. The molecule has 0 fully saturated rings. The molecule has 1 aliphatic heterocycles. The van der Waals surface area contributed by atoms with Crippen molar-refractivity contribution in [2.24, 2.45) is 0 Å². The van der Waals surface area contributed by atoms with Crippen LogP contribution in [0.5, 0.6) is 5.88 Å². The number of rotatable bonds is 13.